The van der Waals surface area contributed by atoms with Gasteiger partial charge in [-0.1, -0.05) is 20.8 Å². The van der Waals surface area contributed by atoms with E-state index in [9.17, 15) is 4.79 Å². The molecule has 0 aliphatic carbocycles. The van der Waals surface area contributed by atoms with Gasteiger partial charge in [0, 0.05) is 0 Å². The maximum absolute atomic E-state index is 11.0. The van der Waals surface area contributed by atoms with Crippen molar-refractivity contribution >= 4 is 5.97 Å². The Balaban J connectivity index is 4.81. The number of nitrogens with zero attached hydrogens (tertiary/aromatic N) is 1. The molecule has 82 valence electrons. The van der Waals surface area contributed by atoms with Crippen LogP contribution in [0.3, 0.4) is 0 Å². The van der Waals surface area contributed by atoms with Gasteiger partial charge in [0.25, 0.3) is 0 Å². The Kier molecular flexibility index (Phi) is 3.89. The van der Waals surface area contributed by atoms with Crippen LogP contribution in [0.2, 0.25) is 0 Å². The minimum atomic E-state index is -0.812. The van der Waals surface area contributed by atoms with E-state index in [0.29, 0.717) is 16.5 Å². The Morgan fingerprint density at radius 2 is 1.71 bits per heavy atom. The number of hydrogen-bond acceptors (Lipinski definition) is 1. The lowest BCUT2D eigenvalue weighted by Gasteiger charge is -2.22. The summed E-state index contributed by atoms with van der Waals surface area (Å²) in [4.78, 5) is 11.0. The molecule has 0 amide bonds. The molecular weight excluding hydrogens is 178 g/mol. The first-order valence-electron chi connectivity index (χ1n) is 4.77. The Morgan fingerprint density at radius 3 is 1.93 bits per heavy atom. The van der Waals surface area contributed by atoms with Crippen molar-refractivity contribution in [2.45, 2.75) is 27.2 Å². The Labute approximate surface area is 86.6 Å². The van der Waals surface area contributed by atoms with Crippen LogP contribution in [0.1, 0.15) is 27.2 Å². The molecule has 0 fully saturated rings. The van der Waals surface area contributed by atoms with E-state index in [-0.39, 0.29) is 5.41 Å². The van der Waals surface area contributed by atoms with Gasteiger partial charge < -0.3 is 9.59 Å². The summed E-state index contributed by atoms with van der Waals surface area (Å²) in [6, 6.07) is 0. The predicted octanol–water partition coefficient (Wildman–Crippen LogP) is 2.10. The molecule has 1 N–H and O–H groups in total. The third-order valence-electron chi connectivity index (χ3n) is 1.54. The fourth-order valence-electron chi connectivity index (χ4n) is 1.22. The van der Waals surface area contributed by atoms with E-state index in [0.717, 1.165) is 0 Å². The number of carboxylic acids is 1. The van der Waals surface area contributed by atoms with Crippen LogP contribution in [0.15, 0.2) is 11.8 Å². The van der Waals surface area contributed by atoms with Crippen LogP contribution in [0.25, 0.3) is 0 Å². The monoisotopic (exact) mass is 200 g/mol. The van der Waals surface area contributed by atoms with Crippen LogP contribution < -0.4 is 0 Å². The summed E-state index contributed by atoms with van der Waals surface area (Å²) in [5, 5.41) is 9.02. The average Bonchev–Trinajstić information content (AvgIpc) is 1.78. The van der Waals surface area contributed by atoms with Gasteiger partial charge in [0.1, 0.15) is 6.20 Å². The molecule has 0 heterocycles. The third kappa shape index (κ3) is 6.66. The second kappa shape index (κ2) is 4.13. The van der Waals surface area contributed by atoms with Crippen molar-refractivity contribution in [3.63, 3.8) is 0 Å². The Morgan fingerprint density at radius 1 is 1.29 bits per heavy atom. The predicted molar refractivity (Wildman–Crippen MR) is 57.8 cm³/mol. The summed E-state index contributed by atoms with van der Waals surface area (Å²) >= 11 is 0. The first-order chi connectivity index (χ1) is 6.01. The summed E-state index contributed by atoms with van der Waals surface area (Å²) < 4.78 is 0.539. The van der Waals surface area contributed by atoms with E-state index in [4.69, 9.17) is 5.11 Å². The molecule has 14 heavy (non-hydrogen) atoms. The van der Waals surface area contributed by atoms with Crippen molar-refractivity contribution in [1.29, 1.82) is 0 Å². The van der Waals surface area contributed by atoms with Gasteiger partial charge in [0.2, 0.25) is 0 Å². The fourth-order valence-corrected chi connectivity index (χ4v) is 1.22. The van der Waals surface area contributed by atoms with E-state index >= 15 is 0 Å². The summed E-state index contributed by atoms with van der Waals surface area (Å²) in [6.45, 7) is 6.12. The van der Waals surface area contributed by atoms with Crippen molar-refractivity contribution in [1.82, 2.24) is 0 Å². The lowest BCUT2D eigenvalue weighted by Crippen LogP contribution is -2.29. The maximum Gasteiger partial charge on any atom is 0.336 e. The highest BCUT2D eigenvalue weighted by atomic mass is 16.4. The first kappa shape index (κ1) is 13.2. The zero-order valence-corrected chi connectivity index (χ0v) is 10.1. The number of hydrogen-bond donors (Lipinski definition) is 1. The van der Waals surface area contributed by atoms with Gasteiger partial charge in [-0.3, -0.25) is 0 Å². The molecule has 0 saturated carbocycles. The quantitative estimate of drug-likeness (QED) is 0.559. The van der Waals surface area contributed by atoms with Crippen LogP contribution in [0.4, 0.5) is 0 Å². The molecule has 0 aromatic carbocycles. The summed E-state index contributed by atoms with van der Waals surface area (Å²) in [5.41, 5.74) is 0.504. The lowest BCUT2D eigenvalue weighted by molar-refractivity contribution is -0.817. The van der Waals surface area contributed by atoms with E-state index in [1.807, 2.05) is 41.9 Å². The van der Waals surface area contributed by atoms with Crippen molar-refractivity contribution in [3.8, 4) is 0 Å². The van der Waals surface area contributed by atoms with E-state index in [1.54, 1.807) is 6.20 Å². The van der Waals surface area contributed by atoms with E-state index < -0.39 is 5.97 Å². The second-order valence-corrected chi connectivity index (χ2v) is 5.81. The minimum absolute atomic E-state index is 0.0133. The molecule has 0 rings (SSSR count). The van der Waals surface area contributed by atoms with E-state index in [1.165, 1.54) is 0 Å². The molecule has 3 nitrogen and oxygen atoms in total. The van der Waals surface area contributed by atoms with Crippen LogP contribution >= 0.6 is 0 Å². The van der Waals surface area contributed by atoms with Crippen molar-refractivity contribution in [2.75, 3.05) is 21.1 Å². The van der Waals surface area contributed by atoms with Gasteiger partial charge in [0.15, 0.2) is 0 Å². The van der Waals surface area contributed by atoms with Crippen molar-refractivity contribution in [3.05, 3.63) is 11.8 Å². The maximum atomic E-state index is 11.0. The second-order valence-electron chi connectivity index (χ2n) is 5.81. The van der Waals surface area contributed by atoms with Crippen molar-refractivity contribution in [2.24, 2.45) is 5.41 Å². The van der Waals surface area contributed by atoms with Gasteiger partial charge in [0.05, 0.1) is 26.7 Å². The molecular formula is C11H22NO2+. The molecule has 0 spiro atoms. The summed E-state index contributed by atoms with van der Waals surface area (Å²) in [5.74, 6) is -0.812. The molecule has 0 saturated heterocycles. The van der Waals surface area contributed by atoms with Crippen LogP contribution in [0.5, 0.6) is 0 Å². The van der Waals surface area contributed by atoms with Crippen LogP contribution in [-0.2, 0) is 4.79 Å². The van der Waals surface area contributed by atoms with Crippen LogP contribution in [-0.4, -0.2) is 36.7 Å². The first-order valence-corrected chi connectivity index (χ1v) is 4.77. The van der Waals surface area contributed by atoms with Gasteiger partial charge in [-0.25, -0.2) is 4.79 Å². The highest BCUT2D eigenvalue weighted by Gasteiger charge is 2.21. The molecule has 3 heteroatoms. The Hall–Kier alpha value is -0.830. The molecule has 0 aliphatic heterocycles. The highest BCUT2D eigenvalue weighted by Crippen LogP contribution is 2.24. The van der Waals surface area contributed by atoms with E-state index in [2.05, 4.69) is 0 Å². The molecule has 0 unspecified atom stereocenters. The number of carboxylic acid groups (broad SMARTS) is 1. The Bertz CT molecular complexity index is 241. The van der Waals surface area contributed by atoms with Crippen molar-refractivity contribution < 1.29 is 14.4 Å². The van der Waals surface area contributed by atoms with Gasteiger partial charge in [-0.05, 0) is 11.8 Å². The summed E-state index contributed by atoms with van der Waals surface area (Å²) in [6.07, 6.45) is 2.38. The normalized spacial score (nSPS) is 14.3. The standard InChI is InChI=1S/C11H21NO2/c1-11(2,3)7-9(10(13)14)8-12(4,5)6/h8H,7H2,1-6H3/p+1. The molecule has 0 aromatic rings. The van der Waals surface area contributed by atoms with Gasteiger partial charge in [-0.15, -0.1) is 0 Å². The van der Waals surface area contributed by atoms with Gasteiger partial charge in [-0.2, -0.15) is 0 Å². The number of carbonyl (C=O) groups is 1. The molecule has 0 radical (unpaired) electrons. The fraction of sp³-hybridized carbons (Fsp3) is 0.727. The number of aliphatic carboxylic acids is 1. The topological polar surface area (TPSA) is 37.3 Å². The third-order valence-corrected chi connectivity index (χ3v) is 1.54. The highest BCUT2D eigenvalue weighted by molar-refractivity contribution is 5.86. The van der Waals surface area contributed by atoms with Crippen LogP contribution in [0, 0.1) is 5.41 Å². The zero-order valence-electron chi connectivity index (χ0n) is 10.1. The zero-order chi connectivity index (χ0) is 11.6. The average molecular weight is 200 g/mol. The minimum Gasteiger partial charge on any atom is -0.478 e. The number of quaternary nitrogens is 1. The summed E-state index contributed by atoms with van der Waals surface area (Å²) in [7, 11) is 5.85. The largest absolute Gasteiger partial charge is 0.478 e. The SMILES string of the molecule is CC(C)(C)CC(=C[N+](C)(C)C)C(=O)O. The smallest absolute Gasteiger partial charge is 0.336 e. The molecule has 0 aromatic heterocycles. The molecule has 0 aliphatic rings. The van der Waals surface area contributed by atoms with Gasteiger partial charge >= 0.3 is 5.97 Å². The lowest BCUT2D eigenvalue weighted by atomic mass is 9.88. The number of rotatable bonds is 3. The molecule has 0 bridgehead atoms. The molecule has 0 atom stereocenters.